The van der Waals surface area contributed by atoms with E-state index in [4.69, 9.17) is 0 Å². The van der Waals surface area contributed by atoms with Crippen molar-refractivity contribution in [2.75, 3.05) is 11.9 Å². The summed E-state index contributed by atoms with van der Waals surface area (Å²) in [5, 5.41) is 5.93. The molecule has 0 fully saturated rings. The highest BCUT2D eigenvalue weighted by Gasteiger charge is 2.39. The number of fused-ring (bicyclic) bond motifs is 1. The maximum Gasteiger partial charge on any atom is 0.269 e. The van der Waals surface area contributed by atoms with E-state index in [1.807, 2.05) is 49.4 Å². The average Bonchev–Trinajstić information content (AvgIpc) is 2.97. The number of hydrogen-bond acceptors (Lipinski definition) is 4. The number of amides is 1. The Morgan fingerprint density at radius 1 is 0.867 bits per heavy atom. The zero-order valence-corrected chi connectivity index (χ0v) is 17.4. The smallest absolute Gasteiger partial charge is 0.269 e. The van der Waals surface area contributed by atoms with Gasteiger partial charge in [0, 0.05) is 17.8 Å². The van der Waals surface area contributed by atoms with Gasteiger partial charge in [-0.3, -0.25) is 4.79 Å². The van der Waals surface area contributed by atoms with Crippen LogP contribution in [-0.4, -0.2) is 20.9 Å². The van der Waals surface area contributed by atoms with E-state index in [1.165, 1.54) is 6.07 Å². The normalized spacial score (nSPS) is 14.3. The molecule has 2 N–H and O–H groups in total. The largest absolute Gasteiger partial charge is 0.383 e. The van der Waals surface area contributed by atoms with Gasteiger partial charge in [-0.2, -0.15) is 0 Å². The summed E-state index contributed by atoms with van der Waals surface area (Å²) < 4.78 is 26.3. The Morgan fingerprint density at radius 3 is 2.27 bits per heavy atom. The van der Waals surface area contributed by atoms with Gasteiger partial charge in [0.05, 0.1) is 10.6 Å². The van der Waals surface area contributed by atoms with Gasteiger partial charge in [0.15, 0.2) is 4.91 Å². The quantitative estimate of drug-likeness (QED) is 0.636. The van der Waals surface area contributed by atoms with Crippen LogP contribution in [0, 0.1) is 6.92 Å². The number of benzene rings is 3. The molecular formula is C24H22N2O3S. The molecule has 0 aliphatic carbocycles. The summed E-state index contributed by atoms with van der Waals surface area (Å²) in [4.78, 5) is 13.0. The number of nitrogens with one attached hydrogen (secondary N) is 2. The molecule has 0 saturated carbocycles. The van der Waals surface area contributed by atoms with Gasteiger partial charge in [0.2, 0.25) is 9.84 Å². The van der Waals surface area contributed by atoms with Crippen LogP contribution in [0.15, 0.2) is 88.7 Å². The lowest BCUT2D eigenvalue weighted by molar-refractivity contribution is -0.112. The molecular weight excluding hydrogens is 396 g/mol. The van der Waals surface area contributed by atoms with Crippen molar-refractivity contribution in [2.45, 2.75) is 18.2 Å². The summed E-state index contributed by atoms with van der Waals surface area (Å²) in [7, 11) is -3.91. The van der Waals surface area contributed by atoms with Gasteiger partial charge in [-0.1, -0.05) is 66.2 Å². The lowest BCUT2D eigenvalue weighted by Gasteiger charge is -2.11. The molecule has 0 saturated heterocycles. The minimum Gasteiger partial charge on any atom is -0.383 e. The fraction of sp³-hybridized carbons (Fsp3) is 0.125. The number of rotatable bonds is 6. The van der Waals surface area contributed by atoms with Crippen molar-refractivity contribution < 1.29 is 13.2 Å². The molecule has 30 heavy (non-hydrogen) atoms. The molecule has 1 aliphatic heterocycles. The summed E-state index contributed by atoms with van der Waals surface area (Å²) in [5.74, 6) is -0.641. The molecule has 4 rings (SSSR count). The van der Waals surface area contributed by atoms with Gasteiger partial charge in [-0.05, 0) is 37.1 Å². The van der Waals surface area contributed by atoms with Crippen LogP contribution in [0.3, 0.4) is 0 Å². The Kier molecular flexibility index (Phi) is 5.42. The van der Waals surface area contributed by atoms with E-state index < -0.39 is 15.7 Å². The van der Waals surface area contributed by atoms with Crippen molar-refractivity contribution in [3.63, 3.8) is 0 Å². The highest BCUT2D eigenvalue weighted by Crippen LogP contribution is 2.38. The van der Waals surface area contributed by atoms with E-state index in [0.717, 1.165) is 11.1 Å². The van der Waals surface area contributed by atoms with Gasteiger partial charge >= 0.3 is 0 Å². The molecule has 0 spiro atoms. The minimum atomic E-state index is -3.91. The third-order valence-electron chi connectivity index (χ3n) is 5.02. The number of carbonyl (C=O) groups excluding carboxylic acids is 1. The highest BCUT2D eigenvalue weighted by molar-refractivity contribution is 7.97. The molecule has 0 aromatic heterocycles. The number of hydrogen-bond donors (Lipinski definition) is 2. The van der Waals surface area contributed by atoms with Crippen LogP contribution in [0.2, 0.25) is 0 Å². The molecule has 1 heterocycles. The average molecular weight is 419 g/mol. The summed E-state index contributed by atoms with van der Waals surface area (Å²) in [6.07, 6.45) is 0.708. The van der Waals surface area contributed by atoms with Crippen LogP contribution in [0.5, 0.6) is 0 Å². The van der Waals surface area contributed by atoms with Crippen molar-refractivity contribution in [2.24, 2.45) is 0 Å². The van der Waals surface area contributed by atoms with Crippen molar-refractivity contribution in [1.29, 1.82) is 0 Å². The fourth-order valence-electron chi connectivity index (χ4n) is 3.49. The molecule has 0 unspecified atom stereocenters. The first-order valence-electron chi connectivity index (χ1n) is 9.71. The Labute approximate surface area is 176 Å². The lowest BCUT2D eigenvalue weighted by Crippen LogP contribution is -2.23. The first kappa shape index (κ1) is 19.9. The third-order valence-corrected chi connectivity index (χ3v) is 6.88. The fourth-order valence-corrected chi connectivity index (χ4v) is 5.17. The number of sulfone groups is 1. The first-order chi connectivity index (χ1) is 14.5. The zero-order chi connectivity index (χ0) is 21.1. The van der Waals surface area contributed by atoms with Crippen LogP contribution in [0.25, 0.3) is 5.70 Å². The van der Waals surface area contributed by atoms with Crippen LogP contribution in [0.1, 0.15) is 16.7 Å². The summed E-state index contributed by atoms with van der Waals surface area (Å²) in [5.41, 5.74) is 3.61. The van der Waals surface area contributed by atoms with Gasteiger partial charge in [0.1, 0.15) is 0 Å². The Hall–Kier alpha value is -3.38. The molecule has 3 aromatic rings. The number of anilines is 1. The van der Waals surface area contributed by atoms with Crippen LogP contribution >= 0.6 is 0 Å². The summed E-state index contributed by atoms with van der Waals surface area (Å²) >= 11 is 0. The Balaban J connectivity index is 1.66. The minimum absolute atomic E-state index is 0.154. The predicted molar refractivity (Wildman–Crippen MR) is 119 cm³/mol. The van der Waals surface area contributed by atoms with Crippen LogP contribution in [-0.2, 0) is 21.1 Å². The Morgan fingerprint density at radius 2 is 1.53 bits per heavy atom. The number of aryl methyl sites for hydroxylation is 1. The third kappa shape index (κ3) is 3.86. The lowest BCUT2D eigenvalue weighted by atomic mass is 10.1. The SMILES string of the molecule is Cc1ccc(NC(=O)C2=C(NCCc3ccccc3)c3ccccc3S2(=O)=O)cc1. The molecule has 3 aromatic carbocycles. The zero-order valence-electron chi connectivity index (χ0n) is 16.6. The number of carbonyl (C=O) groups is 1. The molecule has 6 heteroatoms. The molecule has 5 nitrogen and oxygen atoms in total. The van der Waals surface area contributed by atoms with E-state index in [1.54, 1.807) is 30.3 Å². The van der Waals surface area contributed by atoms with Gasteiger partial charge in [-0.25, -0.2) is 8.42 Å². The predicted octanol–water partition coefficient (Wildman–Crippen LogP) is 3.92. The van der Waals surface area contributed by atoms with Crippen molar-refractivity contribution >= 4 is 27.1 Å². The second-order valence-electron chi connectivity index (χ2n) is 7.19. The van der Waals surface area contributed by atoms with Gasteiger partial charge < -0.3 is 10.6 Å². The monoisotopic (exact) mass is 418 g/mol. The molecule has 0 bridgehead atoms. The highest BCUT2D eigenvalue weighted by atomic mass is 32.2. The van der Waals surface area contributed by atoms with Crippen molar-refractivity contribution in [3.05, 3.63) is 100 Å². The standard InChI is InChI=1S/C24H22N2O3S/c1-17-11-13-19(14-12-17)26-24(27)23-22(25-16-15-18-7-3-2-4-8-18)20-9-5-6-10-21(20)30(23,28)29/h2-14,25H,15-16H2,1H3,(H,26,27). The first-order valence-corrected chi connectivity index (χ1v) is 11.2. The second kappa shape index (κ2) is 8.16. The van der Waals surface area contributed by atoms with E-state index in [9.17, 15) is 13.2 Å². The summed E-state index contributed by atoms with van der Waals surface area (Å²) in [6.45, 7) is 2.45. The van der Waals surface area contributed by atoms with Crippen LogP contribution < -0.4 is 10.6 Å². The van der Waals surface area contributed by atoms with Gasteiger partial charge in [-0.15, -0.1) is 0 Å². The van der Waals surface area contributed by atoms with E-state index >= 15 is 0 Å². The maximum absolute atomic E-state index is 13.2. The molecule has 0 radical (unpaired) electrons. The van der Waals surface area contributed by atoms with Gasteiger partial charge in [0.25, 0.3) is 5.91 Å². The van der Waals surface area contributed by atoms with E-state index in [-0.39, 0.29) is 9.80 Å². The summed E-state index contributed by atoms with van der Waals surface area (Å²) in [6, 6.07) is 23.8. The molecule has 0 atom stereocenters. The maximum atomic E-state index is 13.2. The molecule has 152 valence electrons. The Bertz CT molecular complexity index is 1210. The van der Waals surface area contributed by atoms with Crippen molar-refractivity contribution in [1.82, 2.24) is 5.32 Å². The van der Waals surface area contributed by atoms with Crippen LogP contribution in [0.4, 0.5) is 5.69 Å². The van der Waals surface area contributed by atoms with E-state index in [0.29, 0.717) is 29.9 Å². The topological polar surface area (TPSA) is 75.3 Å². The molecule has 1 amide bonds. The van der Waals surface area contributed by atoms with Crippen molar-refractivity contribution in [3.8, 4) is 0 Å². The van der Waals surface area contributed by atoms with E-state index in [2.05, 4.69) is 10.6 Å². The second-order valence-corrected chi connectivity index (χ2v) is 9.04. The molecule has 1 aliphatic rings.